The van der Waals surface area contributed by atoms with Crippen LogP contribution < -0.4 is 10.5 Å². The molecule has 0 aliphatic heterocycles. The number of carbonyl (C=O) groups is 1. The summed E-state index contributed by atoms with van der Waals surface area (Å²) in [4.78, 5) is 11.7. The molecule has 0 aliphatic rings. The Hall–Kier alpha value is -1.51. The molecule has 0 heterocycles. The molecule has 0 saturated heterocycles. The van der Waals surface area contributed by atoms with Crippen LogP contribution in [0.4, 0.5) is 4.39 Å². The second kappa shape index (κ2) is 6.97. The first kappa shape index (κ1) is 17.5. The molecule has 1 unspecified atom stereocenters. The molecule has 1 amide bonds. The third-order valence-corrected chi connectivity index (χ3v) is 3.82. The van der Waals surface area contributed by atoms with E-state index in [0.717, 1.165) is 18.2 Å². The van der Waals surface area contributed by atoms with Crippen molar-refractivity contribution in [3.05, 3.63) is 29.6 Å². The molecule has 0 radical (unpaired) electrons. The number of methoxy groups -OCH3 is 1. The normalized spacial score (nSPS) is 13.2. The summed E-state index contributed by atoms with van der Waals surface area (Å²) in [6.07, 6.45) is 0. The van der Waals surface area contributed by atoms with Gasteiger partial charge in [-0.3, -0.25) is 4.79 Å². The second-order valence-electron chi connectivity index (χ2n) is 5.00. The van der Waals surface area contributed by atoms with Crippen LogP contribution in [0.1, 0.15) is 24.2 Å². The summed E-state index contributed by atoms with van der Waals surface area (Å²) in [5, 5.41) is 7.62. The van der Waals surface area contributed by atoms with Crippen LogP contribution in [0.15, 0.2) is 23.1 Å². The van der Waals surface area contributed by atoms with E-state index >= 15 is 0 Å². The van der Waals surface area contributed by atoms with Crippen molar-refractivity contribution in [3.63, 3.8) is 0 Å². The SMILES string of the molecule is COCC(NC(=O)c1cc(F)cc(S(N)(=O)=O)c1)C(C)C. The zero-order chi connectivity index (χ0) is 16.2. The maximum absolute atomic E-state index is 13.4. The highest BCUT2D eigenvalue weighted by molar-refractivity contribution is 7.89. The number of rotatable bonds is 6. The molecular formula is C13H19FN2O4S. The van der Waals surface area contributed by atoms with Crippen LogP contribution in [-0.2, 0) is 14.8 Å². The lowest BCUT2D eigenvalue weighted by Crippen LogP contribution is -2.41. The zero-order valence-electron chi connectivity index (χ0n) is 12.1. The lowest BCUT2D eigenvalue weighted by atomic mass is 10.0. The monoisotopic (exact) mass is 318 g/mol. The van der Waals surface area contributed by atoms with Crippen LogP contribution in [0.3, 0.4) is 0 Å². The maximum atomic E-state index is 13.4. The van der Waals surface area contributed by atoms with E-state index in [4.69, 9.17) is 9.88 Å². The number of sulfonamides is 1. The van der Waals surface area contributed by atoms with Crippen molar-refractivity contribution < 1.29 is 22.3 Å². The van der Waals surface area contributed by atoms with E-state index < -0.39 is 26.6 Å². The Morgan fingerprint density at radius 2 is 2.00 bits per heavy atom. The number of primary sulfonamides is 1. The fourth-order valence-electron chi connectivity index (χ4n) is 1.69. The molecule has 0 aromatic heterocycles. The summed E-state index contributed by atoms with van der Waals surface area (Å²) in [6.45, 7) is 4.08. The van der Waals surface area contributed by atoms with E-state index in [1.54, 1.807) is 0 Å². The third-order valence-electron chi connectivity index (χ3n) is 2.93. The highest BCUT2D eigenvalue weighted by atomic mass is 32.2. The Morgan fingerprint density at radius 1 is 1.38 bits per heavy atom. The smallest absolute Gasteiger partial charge is 0.251 e. The van der Waals surface area contributed by atoms with Gasteiger partial charge in [-0.2, -0.15) is 0 Å². The Labute approximate surface area is 123 Å². The molecule has 21 heavy (non-hydrogen) atoms. The Morgan fingerprint density at radius 3 is 2.48 bits per heavy atom. The number of carbonyl (C=O) groups excluding carboxylic acids is 1. The molecule has 8 heteroatoms. The second-order valence-corrected chi connectivity index (χ2v) is 6.56. The van der Waals surface area contributed by atoms with E-state index in [1.807, 2.05) is 13.8 Å². The first-order valence-electron chi connectivity index (χ1n) is 6.28. The van der Waals surface area contributed by atoms with Gasteiger partial charge in [0.15, 0.2) is 0 Å². The Balaban J connectivity index is 3.05. The standard InChI is InChI=1S/C13H19FN2O4S/c1-8(2)12(7-20-3)16-13(17)9-4-10(14)6-11(5-9)21(15,18)19/h4-6,8,12H,7H2,1-3H3,(H,16,17)(H2,15,18,19). The van der Waals surface area contributed by atoms with E-state index in [2.05, 4.69) is 5.32 Å². The van der Waals surface area contributed by atoms with E-state index in [0.29, 0.717) is 6.61 Å². The highest BCUT2D eigenvalue weighted by Gasteiger charge is 2.19. The van der Waals surface area contributed by atoms with Crippen molar-refractivity contribution in [2.24, 2.45) is 11.1 Å². The molecule has 0 spiro atoms. The van der Waals surface area contributed by atoms with Crippen LogP contribution in [0.2, 0.25) is 0 Å². The van der Waals surface area contributed by atoms with Gasteiger partial charge in [0.2, 0.25) is 10.0 Å². The number of nitrogens with two attached hydrogens (primary N) is 1. The quantitative estimate of drug-likeness (QED) is 0.813. The van der Waals surface area contributed by atoms with Crippen LogP contribution in [0.25, 0.3) is 0 Å². The predicted molar refractivity (Wildman–Crippen MR) is 75.7 cm³/mol. The van der Waals surface area contributed by atoms with Crippen molar-refractivity contribution in [2.75, 3.05) is 13.7 Å². The summed E-state index contributed by atoms with van der Waals surface area (Å²) >= 11 is 0. The Bertz CT molecular complexity index is 617. The molecule has 6 nitrogen and oxygen atoms in total. The molecule has 1 aromatic carbocycles. The van der Waals surface area contributed by atoms with Gasteiger partial charge >= 0.3 is 0 Å². The van der Waals surface area contributed by atoms with Crippen molar-refractivity contribution in [2.45, 2.75) is 24.8 Å². The Kier molecular flexibility index (Phi) is 5.82. The number of nitrogens with one attached hydrogen (secondary N) is 1. The number of ether oxygens (including phenoxy) is 1. The van der Waals surface area contributed by atoms with Gasteiger partial charge < -0.3 is 10.1 Å². The fourth-order valence-corrected chi connectivity index (χ4v) is 2.26. The molecule has 1 atom stereocenters. The van der Waals surface area contributed by atoms with Gasteiger partial charge in [-0.05, 0) is 24.1 Å². The summed E-state index contributed by atoms with van der Waals surface area (Å²) in [5.41, 5.74) is -0.110. The number of hydrogen-bond donors (Lipinski definition) is 2. The van der Waals surface area contributed by atoms with Gasteiger partial charge in [-0.1, -0.05) is 13.8 Å². The van der Waals surface area contributed by atoms with Crippen LogP contribution in [0.5, 0.6) is 0 Å². The number of hydrogen-bond acceptors (Lipinski definition) is 4. The zero-order valence-corrected chi connectivity index (χ0v) is 12.9. The molecule has 0 saturated carbocycles. The maximum Gasteiger partial charge on any atom is 0.251 e. The van der Waals surface area contributed by atoms with Crippen molar-refractivity contribution in [1.82, 2.24) is 5.32 Å². The number of amides is 1. The van der Waals surface area contributed by atoms with Crippen molar-refractivity contribution >= 4 is 15.9 Å². The third kappa shape index (κ3) is 5.07. The van der Waals surface area contributed by atoms with E-state index in [1.165, 1.54) is 7.11 Å². The number of benzene rings is 1. The first-order valence-corrected chi connectivity index (χ1v) is 7.83. The first-order chi connectivity index (χ1) is 9.65. The van der Waals surface area contributed by atoms with Gasteiger partial charge in [0.05, 0.1) is 17.5 Å². The topological polar surface area (TPSA) is 98.5 Å². The minimum Gasteiger partial charge on any atom is -0.383 e. The molecule has 3 N–H and O–H groups in total. The number of halogens is 1. The van der Waals surface area contributed by atoms with Crippen LogP contribution >= 0.6 is 0 Å². The van der Waals surface area contributed by atoms with Gasteiger partial charge in [0.25, 0.3) is 5.91 Å². The molecule has 0 fully saturated rings. The van der Waals surface area contributed by atoms with Gasteiger partial charge in [-0.15, -0.1) is 0 Å². The molecule has 118 valence electrons. The van der Waals surface area contributed by atoms with Gasteiger partial charge in [0, 0.05) is 12.7 Å². The lowest BCUT2D eigenvalue weighted by Gasteiger charge is -2.21. The highest BCUT2D eigenvalue weighted by Crippen LogP contribution is 2.14. The van der Waals surface area contributed by atoms with E-state index in [9.17, 15) is 17.6 Å². The summed E-state index contributed by atoms with van der Waals surface area (Å²) in [7, 11) is -2.58. The van der Waals surface area contributed by atoms with E-state index in [-0.39, 0.29) is 17.5 Å². The molecule has 1 aromatic rings. The summed E-state index contributed by atoms with van der Waals surface area (Å²) < 4.78 is 40.9. The molecule has 0 bridgehead atoms. The molecule has 1 rings (SSSR count). The van der Waals surface area contributed by atoms with Crippen molar-refractivity contribution in [1.29, 1.82) is 0 Å². The largest absolute Gasteiger partial charge is 0.383 e. The predicted octanol–water partition coefficient (Wildman–Crippen LogP) is 0.874. The minimum absolute atomic E-state index is 0.0974. The summed E-state index contributed by atoms with van der Waals surface area (Å²) in [6, 6.07) is 2.48. The van der Waals surface area contributed by atoms with Gasteiger partial charge in [0.1, 0.15) is 5.82 Å². The molecule has 0 aliphatic carbocycles. The molecular weight excluding hydrogens is 299 g/mol. The van der Waals surface area contributed by atoms with Gasteiger partial charge in [-0.25, -0.2) is 17.9 Å². The van der Waals surface area contributed by atoms with Crippen LogP contribution in [-0.4, -0.2) is 34.1 Å². The summed E-state index contributed by atoms with van der Waals surface area (Å²) in [5.74, 6) is -1.34. The van der Waals surface area contributed by atoms with Crippen LogP contribution in [0, 0.1) is 11.7 Å². The average Bonchev–Trinajstić information content (AvgIpc) is 2.36. The minimum atomic E-state index is -4.08. The fraction of sp³-hybridized carbons (Fsp3) is 0.462. The lowest BCUT2D eigenvalue weighted by molar-refractivity contribution is 0.0866. The average molecular weight is 318 g/mol. The van der Waals surface area contributed by atoms with Crippen molar-refractivity contribution in [3.8, 4) is 0 Å².